The summed E-state index contributed by atoms with van der Waals surface area (Å²) in [6.07, 6.45) is 0.909. The van der Waals surface area contributed by atoms with Crippen LogP contribution in [0.3, 0.4) is 0 Å². The molecule has 0 aliphatic carbocycles. The molecule has 182 valence electrons. The summed E-state index contributed by atoms with van der Waals surface area (Å²) in [5, 5.41) is 15.9. The molecule has 11 heteroatoms. The molecule has 0 spiro atoms. The molecule has 2 heterocycles. The second kappa shape index (κ2) is 11.2. The van der Waals surface area contributed by atoms with Crippen LogP contribution in [-0.4, -0.2) is 60.3 Å². The smallest absolute Gasteiger partial charge is 0.337 e. The standard InChI is InChI=1S/C23H28N4O6S/c1-5-32-21(28)17-14(3)26(4)20(34-23-24-11-8-12-25-23)19(22(29)33-6-2)18(17)15-9-7-10-16(13-15)27(30)31/h7,9-10,13,18H,5-6,8,11-12H2,1-4H3,(H,24,25). The molecule has 0 aromatic heterocycles. The Kier molecular flexibility index (Phi) is 8.32. The first kappa shape index (κ1) is 25.3. The Bertz CT molecular complexity index is 1080. The van der Waals surface area contributed by atoms with E-state index in [9.17, 15) is 19.7 Å². The van der Waals surface area contributed by atoms with Gasteiger partial charge in [-0.3, -0.25) is 15.1 Å². The fourth-order valence-corrected chi connectivity index (χ4v) is 4.92. The van der Waals surface area contributed by atoms with Gasteiger partial charge in [-0.05, 0) is 44.5 Å². The van der Waals surface area contributed by atoms with Crippen molar-refractivity contribution >= 4 is 34.6 Å². The highest BCUT2D eigenvalue weighted by molar-refractivity contribution is 8.17. The Hall–Kier alpha value is -3.34. The molecule has 0 saturated carbocycles. The number of benzene rings is 1. The van der Waals surface area contributed by atoms with E-state index in [1.165, 1.54) is 30.0 Å². The average molecular weight is 489 g/mol. The van der Waals surface area contributed by atoms with Crippen molar-refractivity contribution in [2.24, 2.45) is 4.99 Å². The van der Waals surface area contributed by atoms with Crippen molar-refractivity contribution in [3.63, 3.8) is 0 Å². The predicted molar refractivity (Wildman–Crippen MR) is 129 cm³/mol. The number of esters is 2. The van der Waals surface area contributed by atoms with E-state index in [1.54, 1.807) is 38.8 Å². The van der Waals surface area contributed by atoms with Crippen LogP contribution in [0.5, 0.6) is 0 Å². The molecule has 3 rings (SSSR count). The number of nitro groups is 1. The third-order valence-electron chi connectivity index (χ3n) is 5.47. The molecule has 0 amide bonds. The van der Waals surface area contributed by atoms with E-state index in [1.807, 2.05) is 0 Å². The van der Waals surface area contributed by atoms with Gasteiger partial charge in [0.15, 0.2) is 5.17 Å². The minimum Gasteiger partial charge on any atom is -0.463 e. The van der Waals surface area contributed by atoms with E-state index < -0.39 is 22.8 Å². The molecule has 0 saturated heterocycles. The van der Waals surface area contributed by atoms with E-state index in [0.29, 0.717) is 28.0 Å². The van der Waals surface area contributed by atoms with Crippen molar-refractivity contribution in [1.29, 1.82) is 0 Å². The Morgan fingerprint density at radius 2 is 1.91 bits per heavy atom. The zero-order valence-corrected chi connectivity index (χ0v) is 20.4. The van der Waals surface area contributed by atoms with Gasteiger partial charge in [0.2, 0.25) is 0 Å². The Morgan fingerprint density at radius 1 is 1.24 bits per heavy atom. The Labute approximate surface area is 202 Å². The molecule has 1 N–H and O–H groups in total. The molecular weight excluding hydrogens is 460 g/mol. The van der Waals surface area contributed by atoms with Gasteiger partial charge in [0, 0.05) is 38.0 Å². The second-order valence-electron chi connectivity index (χ2n) is 7.57. The average Bonchev–Trinajstić information content (AvgIpc) is 2.82. The summed E-state index contributed by atoms with van der Waals surface area (Å²) in [6, 6.07) is 5.93. The van der Waals surface area contributed by atoms with E-state index in [2.05, 4.69) is 10.3 Å². The lowest BCUT2D eigenvalue weighted by Gasteiger charge is -2.36. The summed E-state index contributed by atoms with van der Waals surface area (Å²) in [6.45, 7) is 6.84. The van der Waals surface area contributed by atoms with Gasteiger partial charge in [0.25, 0.3) is 5.69 Å². The molecule has 0 bridgehead atoms. The fraction of sp³-hybridized carbons (Fsp3) is 0.435. The molecular formula is C23H28N4O6S. The van der Waals surface area contributed by atoms with Crippen LogP contribution >= 0.6 is 11.8 Å². The molecule has 2 aliphatic heterocycles. The summed E-state index contributed by atoms with van der Waals surface area (Å²) < 4.78 is 10.7. The Morgan fingerprint density at radius 3 is 2.50 bits per heavy atom. The molecule has 1 aromatic rings. The lowest BCUT2D eigenvalue weighted by molar-refractivity contribution is -0.384. The van der Waals surface area contributed by atoms with Crippen LogP contribution in [0.25, 0.3) is 0 Å². The monoisotopic (exact) mass is 488 g/mol. The van der Waals surface area contributed by atoms with E-state index >= 15 is 0 Å². The van der Waals surface area contributed by atoms with Crippen LogP contribution in [-0.2, 0) is 19.1 Å². The second-order valence-corrected chi connectivity index (χ2v) is 8.55. The maximum absolute atomic E-state index is 13.3. The zero-order chi connectivity index (χ0) is 24.8. The first-order valence-corrected chi connectivity index (χ1v) is 11.8. The van der Waals surface area contributed by atoms with Crippen molar-refractivity contribution in [3.05, 3.63) is 61.8 Å². The quantitative estimate of drug-likeness (QED) is 0.350. The molecule has 1 atom stereocenters. The summed E-state index contributed by atoms with van der Waals surface area (Å²) >= 11 is 1.28. The lowest BCUT2D eigenvalue weighted by Crippen LogP contribution is -2.35. The number of nitrogens with zero attached hydrogens (tertiary/aromatic N) is 3. The molecule has 0 fully saturated rings. The summed E-state index contributed by atoms with van der Waals surface area (Å²) in [4.78, 5) is 43.7. The highest BCUT2D eigenvalue weighted by atomic mass is 32.2. The van der Waals surface area contributed by atoms with E-state index in [4.69, 9.17) is 9.47 Å². The van der Waals surface area contributed by atoms with Gasteiger partial charge < -0.3 is 19.7 Å². The highest BCUT2D eigenvalue weighted by Gasteiger charge is 2.42. The number of amidine groups is 1. The van der Waals surface area contributed by atoms with Crippen molar-refractivity contribution < 1.29 is 24.0 Å². The van der Waals surface area contributed by atoms with E-state index in [0.717, 1.165) is 13.0 Å². The van der Waals surface area contributed by atoms with Crippen LogP contribution < -0.4 is 5.32 Å². The Balaban J connectivity index is 2.27. The molecule has 2 aliphatic rings. The van der Waals surface area contributed by atoms with Crippen molar-refractivity contribution in [3.8, 4) is 0 Å². The van der Waals surface area contributed by atoms with Gasteiger partial charge >= 0.3 is 11.9 Å². The topological polar surface area (TPSA) is 123 Å². The molecule has 34 heavy (non-hydrogen) atoms. The normalized spacial score (nSPS) is 18.3. The number of hydrogen-bond acceptors (Lipinski definition) is 10. The first-order chi connectivity index (χ1) is 16.3. The molecule has 10 nitrogen and oxygen atoms in total. The predicted octanol–water partition coefficient (Wildman–Crippen LogP) is 3.32. The van der Waals surface area contributed by atoms with Crippen LogP contribution in [0.1, 0.15) is 38.7 Å². The third-order valence-corrected chi connectivity index (χ3v) is 6.62. The van der Waals surface area contributed by atoms with Gasteiger partial charge in [-0.15, -0.1) is 0 Å². The first-order valence-electron chi connectivity index (χ1n) is 11.0. The fourth-order valence-electron chi connectivity index (χ4n) is 3.82. The van der Waals surface area contributed by atoms with Crippen LogP contribution in [0.2, 0.25) is 0 Å². The van der Waals surface area contributed by atoms with Crippen LogP contribution in [0.4, 0.5) is 5.69 Å². The third kappa shape index (κ3) is 5.24. The number of hydrogen-bond donors (Lipinski definition) is 1. The number of nitrogens with one attached hydrogen (secondary N) is 1. The SMILES string of the molecule is CCOC(=O)C1=C(C)N(C)C(SC2=NCCCN2)=C(C(=O)OCC)C1c1cccc([N+](=O)[O-])c1. The van der Waals surface area contributed by atoms with Gasteiger partial charge in [-0.1, -0.05) is 12.1 Å². The van der Waals surface area contributed by atoms with Crippen molar-refractivity contribution in [2.75, 3.05) is 33.4 Å². The number of thioether (sulfide) groups is 1. The minimum absolute atomic E-state index is 0.127. The highest BCUT2D eigenvalue weighted by Crippen LogP contribution is 2.46. The lowest BCUT2D eigenvalue weighted by atomic mass is 9.81. The molecule has 1 unspecified atom stereocenters. The van der Waals surface area contributed by atoms with E-state index in [-0.39, 0.29) is 30.0 Å². The van der Waals surface area contributed by atoms with Gasteiger partial charge in [0.1, 0.15) is 0 Å². The number of non-ortho nitro benzene ring substituents is 1. The number of aliphatic imine (C=N–C) groups is 1. The summed E-state index contributed by atoms with van der Waals surface area (Å²) in [5.74, 6) is -2.12. The summed E-state index contributed by atoms with van der Waals surface area (Å²) in [5.41, 5.74) is 1.29. The maximum atomic E-state index is 13.3. The summed E-state index contributed by atoms with van der Waals surface area (Å²) in [7, 11) is 1.75. The number of allylic oxidation sites excluding steroid dienone is 1. The van der Waals surface area contributed by atoms with Crippen LogP contribution in [0, 0.1) is 10.1 Å². The largest absolute Gasteiger partial charge is 0.463 e. The molecule has 0 radical (unpaired) electrons. The number of nitro benzene ring substituents is 1. The van der Waals surface area contributed by atoms with Gasteiger partial charge in [0.05, 0.1) is 40.2 Å². The maximum Gasteiger partial charge on any atom is 0.337 e. The number of carbonyl (C=O) groups excluding carboxylic acids is 2. The van der Waals surface area contributed by atoms with Crippen LogP contribution in [0.15, 0.2) is 51.1 Å². The number of rotatable bonds is 7. The number of carbonyl (C=O) groups is 2. The zero-order valence-electron chi connectivity index (χ0n) is 19.6. The van der Waals surface area contributed by atoms with Crippen molar-refractivity contribution in [1.82, 2.24) is 10.2 Å². The number of ether oxygens (including phenoxy) is 2. The molecule has 1 aromatic carbocycles. The van der Waals surface area contributed by atoms with Crippen molar-refractivity contribution in [2.45, 2.75) is 33.1 Å². The minimum atomic E-state index is -0.916. The van der Waals surface area contributed by atoms with Gasteiger partial charge in [-0.2, -0.15) is 0 Å². The van der Waals surface area contributed by atoms with Gasteiger partial charge in [-0.25, -0.2) is 9.59 Å².